The van der Waals surface area contributed by atoms with Gasteiger partial charge in [0.25, 0.3) is 5.56 Å². The molecule has 0 spiro atoms. The molecule has 1 heterocycles. The van der Waals surface area contributed by atoms with Crippen molar-refractivity contribution < 1.29 is 18.7 Å². The number of carbonyl (C=O) groups excluding carboxylic acids is 1. The van der Waals surface area contributed by atoms with E-state index in [4.69, 9.17) is 9.47 Å². The Kier molecular flexibility index (Phi) is 6.79. The van der Waals surface area contributed by atoms with Gasteiger partial charge in [0.2, 0.25) is 5.91 Å². The maximum Gasteiger partial charge on any atom is 0.254 e. The molecule has 7 nitrogen and oxygen atoms in total. The lowest BCUT2D eigenvalue weighted by atomic mass is 10.1. The molecule has 1 N–H and O–H groups in total. The molecule has 0 atom stereocenters. The lowest BCUT2D eigenvalue weighted by Gasteiger charge is -2.11. The first-order valence-electron chi connectivity index (χ1n) is 9.31. The van der Waals surface area contributed by atoms with Crippen molar-refractivity contribution in [2.45, 2.75) is 13.0 Å². The van der Waals surface area contributed by atoms with E-state index in [0.29, 0.717) is 24.5 Å². The molecular weight excluding hydrogens is 389 g/mol. The average Bonchev–Trinajstić information content (AvgIpc) is 2.75. The van der Waals surface area contributed by atoms with E-state index in [1.807, 2.05) is 12.1 Å². The van der Waals surface area contributed by atoms with Crippen molar-refractivity contribution in [1.82, 2.24) is 14.9 Å². The maximum absolute atomic E-state index is 13.9. The van der Waals surface area contributed by atoms with Crippen LogP contribution in [0.1, 0.15) is 5.56 Å². The SMILES string of the molecule is COc1ccc(CCNC(=O)Cn2cnc(-c3ccccc3F)cc2=O)cc1OC. The third kappa shape index (κ3) is 5.02. The van der Waals surface area contributed by atoms with Crippen LogP contribution in [0.15, 0.2) is 59.7 Å². The molecule has 8 heteroatoms. The molecular formula is C22H22FN3O4. The fourth-order valence-electron chi connectivity index (χ4n) is 2.95. The summed E-state index contributed by atoms with van der Waals surface area (Å²) in [7, 11) is 3.13. The van der Waals surface area contributed by atoms with Gasteiger partial charge in [-0.2, -0.15) is 0 Å². The standard InChI is InChI=1S/C22H22FN3O4/c1-29-19-8-7-15(11-20(19)30-2)9-10-24-21(27)13-26-14-25-18(12-22(26)28)16-5-3-4-6-17(16)23/h3-8,11-12,14H,9-10,13H2,1-2H3,(H,24,27). The minimum Gasteiger partial charge on any atom is -0.493 e. The predicted molar refractivity (Wildman–Crippen MR) is 110 cm³/mol. The number of halogens is 1. The third-order valence-electron chi connectivity index (χ3n) is 4.53. The summed E-state index contributed by atoms with van der Waals surface area (Å²) in [5.74, 6) is 0.470. The zero-order chi connectivity index (χ0) is 21.5. The molecule has 0 radical (unpaired) electrons. The minimum absolute atomic E-state index is 0.171. The van der Waals surface area contributed by atoms with E-state index in [2.05, 4.69) is 10.3 Å². The van der Waals surface area contributed by atoms with Gasteiger partial charge in [0, 0.05) is 18.2 Å². The first-order chi connectivity index (χ1) is 14.5. The summed E-state index contributed by atoms with van der Waals surface area (Å²) in [5.41, 5.74) is 1.00. The highest BCUT2D eigenvalue weighted by molar-refractivity contribution is 5.75. The van der Waals surface area contributed by atoms with Crippen LogP contribution in [0.3, 0.4) is 0 Å². The molecule has 0 bridgehead atoms. The molecule has 0 saturated heterocycles. The number of methoxy groups -OCH3 is 2. The molecule has 1 aromatic heterocycles. The zero-order valence-corrected chi connectivity index (χ0v) is 16.7. The summed E-state index contributed by atoms with van der Waals surface area (Å²) in [6.45, 7) is 0.221. The van der Waals surface area contributed by atoms with Gasteiger partial charge < -0.3 is 14.8 Å². The summed E-state index contributed by atoms with van der Waals surface area (Å²) in [5, 5.41) is 2.77. The maximum atomic E-state index is 13.9. The number of hydrogen-bond donors (Lipinski definition) is 1. The molecule has 3 rings (SSSR count). The monoisotopic (exact) mass is 411 g/mol. The van der Waals surface area contributed by atoms with Gasteiger partial charge in [-0.25, -0.2) is 9.37 Å². The number of aromatic nitrogens is 2. The van der Waals surface area contributed by atoms with E-state index >= 15 is 0 Å². The second-order valence-electron chi connectivity index (χ2n) is 6.51. The zero-order valence-electron chi connectivity index (χ0n) is 16.7. The Bertz CT molecular complexity index is 1100. The fraction of sp³-hybridized carbons (Fsp3) is 0.227. The number of hydrogen-bond acceptors (Lipinski definition) is 5. The number of ether oxygens (including phenoxy) is 2. The molecule has 1 amide bonds. The van der Waals surface area contributed by atoms with Crippen molar-refractivity contribution in [3.8, 4) is 22.8 Å². The quantitative estimate of drug-likeness (QED) is 0.616. The van der Waals surface area contributed by atoms with Crippen molar-refractivity contribution in [3.05, 3.63) is 76.6 Å². The topological polar surface area (TPSA) is 82.5 Å². The molecule has 0 aliphatic carbocycles. The number of amides is 1. The van der Waals surface area contributed by atoms with Gasteiger partial charge in [0.15, 0.2) is 11.5 Å². The highest BCUT2D eigenvalue weighted by atomic mass is 19.1. The van der Waals surface area contributed by atoms with Gasteiger partial charge in [-0.15, -0.1) is 0 Å². The Balaban J connectivity index is 1.58. The molecule has 30 heavy (non-hydrogen) atoms. The van der Waals surface area contributed by atoms with Gasteiger partial charge in [-0.1, -0.05) is 18.2 Å². The molecule has 2 aromatic carbocycles. The summed E-state index contributed by atoms with van der Waals surface area (Å²) < 4.78 is 25.5. The Morgan fingerprint density at radius 1 is 1.10 bits per heavy atom. The first kappa shape index (κ1) is 21.0. The molecule has 0 aliphatic heterocycles. The largest absolute Gasteiger partial charge is 0.493 e. The summed E-state index contributed by atoms with van der Waals surface area (Å²) in [6, 6.07) is 12.8. The van der Waals surface area contributed by atoms with E-state index in [0.717, 1.165) is 5.56 Å². The third-order valence-corrected chi connectivity index (χ3v) is 4.53. The number of nitrogens with one attached hydrogen (secondary N) is 1. The lowest BCUT2D eigenvalue weighted by molar-refractivity contribution is -0.121. The van der Waals surface area contributed by atoms with Crippen LogP contribution in [0.4, 0.5) is 4.39 Å². The van der Waals surface area contributed by atoms with Gasteiger partial charge >= 0.3 is 0 Å². The van der Waals surface area contributed by atoms with Crippen LogP contribution >= 0.6 is 0 Å². The van der Waals surface area contributed by atoms with Crippen LogP contribution < -0.4 is 20.3 Å². The highest BCUT2D eigenvalue weighted by Gasteiger charge is 2.10. The van der Waals surface area contributed by atoms with Crippen LogP contribution in [0.2, 0.25) is 0 Å². The van der Waals surface area contributed by atoms with Crippen molar-refractivity contribution in [3.63, 3.8) is 0 Å². The second kappa shape index (κ2) is 9.69. The van der Waals surface area contributed by atoms with Crippen LogP contribution in [0.25, 0.3) is 11.3 Å². The van der Waals surface area contributed by atoms with E-state index in [1.54, 1.807) is 38.5 Å². The summed E-state index contributed by atoms with van der Waals surface area (Å²) >= 11 is 0. The van der Waals surface area contributed by atoms with Crippen molar-refractivity contribution in [2.24, 2.45) is 0 Å². The summed E-state index contributed by atoms with van der Waals surface area (Å²) in [6.07, 6.45) is 1.84. The van der Waals surface area contributed by atoms with Crippen LogP contribution in [0.5, 0.6) is 11.5 Å². The van der Waals surface area contributed by atoms with E-state index in [-0.39, 0.29) is 23.7 Å². The van der Waals surface area contributed by atoms with Crippen LogP contribution in [-0.2, 0) is 17.8 Å². The van der Waals surface area contributed by atoms with Gasteiger partial charge in [-0.3, -0.25) is 14.2 Å². The van der Waals surface area contributed by atoms with Crippen molar-refractivity contribution in [1.29, 1.82) is 0 Å². The van der Waals surface area contributed by atoms with Gasteiger partial charge in [0.05, 0.1) is 26.2 Å². The second-order valence-corrected chi connectivity index (χ2v) is 6.51. The Morgan fingerprint density at radius 2 is 1.87 bits per heavy atom. The number of rotatable bonds is 8. The van der Waals surface area contributed by atoms with Crippen molar-refractivity contribution >= 4 is 5.91 Å². The summed E-state index contributed by atoms with van der Waals surface area (Å²) in [4.78, 5) is 28.6. The average molecular weight is 411 g/mol. The Hall–Kier alpha value is -3.68. The molecule has 0 fully saturated rings. The lowest BCUT2D eigenvalue weighted by Crippen LogP contribution is -2.33. The highest BCUT2D eigenvalue weighted by Crippen LogP contribution is 2.27. The van der Waals surface area contributed by atoms with Crippen molar-refractivity contribution in [2.75, 3.05) is 20.8 Å². The molecule has 0 saturated carbocycles. The van der Waals surface area contributed by atoms with E-state index in [1.165, 1.54) is 23.0 Å². The van der Waals surface area contributed by atoms with Crippen LogP contribution in [-0.4, -0.2) is 36.2 Å². The Morgan fingerprint density at radius 3 is 2.57 bits per heavy atom. The number of carbonyl (C=O) groups is 1. The predicted octanol–water partition coefficient (Wildman–Crippen LogP) is 2.43. The van der Waals surface area contributed by atoms with Gasteiger partial charge in [0.1, 0.15) is 12.4 Å². The molecule has 0 unspecified atom stereocenters. The molecule has 3 aromatic rings. The molecule has 0 aliphatic rings. The van der Waals surface area contributed by atoms with Crippen LogP contribution in [0, 0.1) is 5.82 Å². The number of benzene rings is 2. The van der Waals surface area contributed by atoms with Gasteiger partial charge in [-0.05, 0) is 36.2 Å². The number of nitrogens with zero attached hydrogens (tertiary/aromatic N) is 2. The molecule has 156 valence electrons. The van der Waals surface area contributed by atoms with E-state index in [9.17, 15) is 14.0 Å². The van der Waals surface area contributed by atoms with E-state index < -0.39 is 11.4 Å². The fourth-order valence-corrected chi connectivity index (χ4v) is 2.95. The minimum atomic E-state index is -0.463. The first-order valence-corrected chi connectivity index (χ1v) is 9.31. The Labute approximate surface area is 173 Å². The normalized spacial score (nSPS) is 10.5. The smallest absolute Gasteiger partial charge is 0.254 e.